The zero-order valence-corrected chi connectivity index (χ0v) is 21.6. The molecule has 7 heteroatoms. The number of hydrogen-bond acceptors (Lipinski definition) is 3. The van der Waals surface area contributed by atoms with E-state index >= 15 is 0 Å². The topological polar surface area (TPSA) is 51.4 Å². The molecule has 0 radical (unpaired) electrons. The molecule has 2 N–H and O–H groups in total. The van der Waals surface area contributed by atoms with Gasteiger partial charge in [0.25, 0.3) is 5.91 Å². The number of fused-ring (bicyclic) bond motifs is 3. The second kappa shape index (κ2) is 10.6. The Bertz CT molecular complexity index is 1170. The molecule has 5 rings (SSSR count). The molecule has 1 saturated heterocycles. The van der Waals surface area contributed by atoms with Crippen LogP contribution in [0.3, 0.4) is 0 Å². The van der Waals surface area contributed by atoms with E-state index in [0.717, 1.165) is 79.2 Å². The van der Waals surface area contributed by atoms with Crippen LogP contribution in [0.5, 0.6) is 0 Å². The molecule has 2 aromatic carbocycles. The highest BCUT2D eigenvalue weighted by Gasteiger charge is 2.26. The number of aromatic nitrogens is 1. The summed E-state index contributed by atoms with van der Waals surface area (Å²) in [6, 6.07) is 12.3. The molecule has 1 aliphatic carbocycles. The third kappa shape index (κ3) is 4.79. The number of rotatable bonds is 6. The molecular weight excluding hydrogens is 467 g/mol. The maximum Gasteiger partial charge on any atom is 0.252 e. The summed E-state index contributed by atoms with van der Waals surface area (Å²) in [7, 11) is 0. The number of anilines is 1. The second-order valence-electron chi connectivity index (χ2n) is 9.40. The first-order chi connectivity index (χ1) is 16.0. The number of nitrogens with zero attached hydrogens (tertiary/aromatic N) is 2. The number of aromatic amines is 1. The second-order valence-corrected chi connectivity index (χ2v) is 9.78. The highest BCUT2D eigenvalue weighted by atomic mass is 35.5. The minimum absolute atomic E-state index is 0. The molecule has 5 nitrogen and oxygen atoms in total. The molecule has 1 aliphatic heterocycles. The van der Waals surface area contributed by atoms with Crippen LogP contribution < -0.4 is 10.2 Å². The summed E-state index contributed by atoms with van der Waals surface area (Å²) in [6.07, 6.45) is 5.44. The molecule has 1 unspecified atom stereocenters. The zero-order chi connectivity index (χ0) is 22.9. The lowest BCUT2D eigenvalue weighted by Crippen LogP contribution is -2.56. The lowest BCUT2D eigenvalue weighted by atomic mass is 10.1. The Morgan fingerprint density at radius 1 is 1.15 bits per heavy atom. The van der Waals surface area contributed by atoms with E-state index in [1.54, 1.807) is 0 Å². The number of aryl methyl sites for hydroxylation is 3. The fourth-order valence-corrected chi connectivity index (χ4v) is 5.64. The van der Waals surface area contributed by atoms with Crippen LogP contribution in [0, 0.1) is 6.92 Å². The number of carbonyl (C=O) groups excluding carboxylic acids is 1. The Hall–Kier alpha value is -2.21. The van der Waals surface area contributed by atoms with Gasteiger partial charge in [0.1, 0.15) is 0 Å². The molecule has 1 atom stereocenters. The standard InChI is InChI=1S/C27H33ClN4O.ClH/c1-3-6-25(32-15-13-31(14-16-32)24-10-4-7-18(2)26(24)28)30-27(33)19-11-12-23-21(17-19)20-8-5-9-22(20)29-23;/h4,7,10-12,17,25,29H,3,5-6,8-9,13-16H2,1-2H3,(H,30,33);1H. The lowest BCUT2D eigenvalue weighted by molar-refractivity contribution is 0.0824. The molecule has 34 heavy (non-hydrogen) atoms. The fraction of sp³-hybridized carbons (Fsp3) is 0.444. The summed E-state index contributed by atoms with van der Waals surface area (Å²) in [5, 5.41) is 5.39. The highest BCUT2D eigenvalue weighted by Crippen LogP contribution is 2.31. The van der Waals surface area contributed by atoms with Gasteiger partial charge < -0.3 is 15.2 Å². The Morgan fingerprint density at radius 3 is 2.71 bits per heavy atom. The van der Waals surface area contributed by atoms with Gasteiger partial charge in [-0.05, 0) is 68.0 Å². The van der Waals surface area contributed by atoms with Crippen molar-refractivity contribution in [2.45, 2.75) is 52.1 Å². The van der Waals surface area contributed by atoms with Crippen LogP contribution >= 0.6 is 24.0 Å². The van der Waals surface area contributed by atoms with E-state index in [4.69, 9.17) is 11.6 Å². The van der Waals surface area contributed by atoms with E-state index in [2.05, 4.69) is 51.3 Å². The minimum Gasteiger partial charge on any atom is -0.368 e. The molecule has 0 spiro atoms. The maximum atomic E-state index is 13.2. The van der Waals surface area contributed by atoms with Crippen molar-refractivity contribution in [1.82, 2.24) is 15.2 Å². The molecule has 3 aromatic rings. The van der Waals surface area contributed by atoms with Gasteiger partial charge in [0.2, 0.25) is 0 Å². The molecule has 2 heterocycles. The van der Waals surface area contributed by atoms with Gasteiger partial charge in [0.15, 0.2) is 0 Å². The van der Waals surface area contributed by atoms with Crippen molar-refractivity contribution in [2.75, 3.05) is 31.1 Å². The Kier molecular flexibility index (Phi) is 7.76. The molecule has 0 bridgehead atoms. The Balaban J connectivity index is 0.00000274. The number of H-pyrrole nitrogens is 1. The van der Waals surface area contributed by atoms with Crippen LogP contribution in [0.25, 0.3) is 10.9 Å². The third-order valence-corrected chi connectivity index (χ3v) is 7.73. The van der Waals surface area contributed by atoms with Gasteiger partial charge in [0, 0.05) is 48.3 Å². The van der Waals surface area contributed by atoms with Gasteiger partial charge in [-0.25, -0.2) is 0 Å². The monoisotopic (exact) mass is 500 g/mol. The number of nitrogens with one attached hydrogen (secondary N) is 2. The summed E-state index contributed by atoms with van der Waals surface area (Å²) in [5.41, 5.74) is 6.86. The van der Waals surface area contributed by atoms with Crippen molar-refractivity contribution in [1.29, 1.82) is 0 Å². The molecule has 1 aromatic heterocycles. The average molecular weight is 502 g/mol. The summed E-state index contributed by atoms with van der Waals surface area (Å²) < 4.78 is 0. The van der Waals surface area contributed by atoms with Crippen LogP contribution in [0.4, 0.5) is 5.69 Å². The van der Waals surface area contributed by atoms with Crippen LogP contribution in [0.2, 0.25) is 5.02 Å². The normalized spacial score (nSPS) is 16.9. The fourth-order valence-electron chi connectivity index (χ4n) is 5.39. The minimum atomic E-state index is 0. The van der Waals surface area contributed by atoms with E-state index in [1.165, 1.54) is 23.1 Å². The molecule has 182 valence electrons. The van der Waals surface area contributed by atoms with Gasteiger partial charge in [-0.15, -0.1) is 12.4 Å². The van der Waals surface area contributed by atoms with Crippen LogP contribution in [-0.2, 0) is 12.8 Å². The Morgan fingerprint density at radius 2 is 1.94 bits per heavy atom. The Labute approximate surface area is 213 Å². The van der Waals surface area contributed by atoms with Gasteiger partial charge in [-0.2, -0.15) is 0 Å². The quantitative estimate of drug-likeness (QED) is 0.455. The third-order valence-electron chi connectivity index (χ3n) is 7.24. The van der Waals surface area contributed by atoms with Crippen LogP contribution in [0.1, 0.15) is 53.4 Å². The number of hydrogen-bond donors (Lipinski definition) is 2. The molecular formula is C27H34Cl2N4O. The SMILES string of the molecule is CCCC(NC(=O)c1ccc2[nH]c3c(c2c1)CCC3)N1CCN(c2cccc(C)c2Cl)CC1.Cl. The van der Waals surface area contributed by atoms with Gasteiger partial charge in [-0.3, -0.25) is 9.69 Å². The summed E-state index contributed by atoms with van der Waals surface area (Å²) in [5.74, 6) is 0.0208. The molecule has 1 amide bonds. The number of amides is 1. The first kappa shape index (κ1) is 24.9. The van der Waals surface area contributed by atoms with Crippen LogP contribution in [0.15, 0.2) is 36.4 Å². The molecule has 1 fully saturated rings. The predicted molar refractivity (Wildman–Crippen MR) is 144 cm³/mol. The summed E-state index contributed by atoms with van der Waals surface area (Å²) >= 11 is 6.57. The van der Waals surface area contributed by atoms with E-state index < -0.39 is 0 Å². The number of piperazine rings is 1. The zero-order valence-electron chi connectivity index (χ0n) is 20.0. The first-order valence-corrected chi connectivity index (χ1v) is 12.6. The number of carbonyl (C=O) groups is 1. The van der Waals surface area contributed by atoms with Crippen molar-refractivity contribution in [3.8, 4) is 0 Å². The molecule has 2 aliphatic rings. The highest BCUT2D eigenvalue weighted by molar-refractivity contribution is 6.34. The van der Waals surface area contributed by atoms with Crippen molar-refractivity contribution in [3.05, 3.63) is 63.8 Å². The number of benzene rings is 2. The van der Waals surface area contributed by atoms with E-state index in [-0.39, 0.29) is 24.5 Å². The summed E-state index contributed by atoms with van der Waals surface area (Å²) in [4.78, 5) is 21.5. The maximum absolute atomic E-state index is 13.2. The summed E-state index contributed by atoms with van der Waals surface area (Å²) in [6.45, 7) is 7.84. The van der Waals surface area contributed by atoms with Crippen LogP contribution in [-0.4, -0.2) is 48.1 Å². The predicted octanol–water partition coefficient (Wildman–Crippen LogP) is 5.72. The lowest BCUT2D eigenvalue weighted by Gasteiger charge is -2.40. The van der Waals surface area contributed by atoms with Gasteiger partial charge in [-0.1, -0.05) is 37.1 Å². The van der Waals surface area contributed by atoms with E-state index in [9.17, 15) is 4.79 Å². The van der Waals surface area contributed by atoms with Gasteiger partial charge >= 0.3 is 0 Å². The first-order valence-electron chi connectivity index (χ1n) is 12.2. The average Bonchev–Trinajstić information content (AvgIpc) is 3.42. The van der Waals surface area contributed by atoms with E-state index in [1.807, 2.05) is 19.1 Å². The van der Waals surface area contributed by atoms with Gasteiger partial charge in [0.05, 0.1) is 16.9 Å². The van der Waals surface area contributed by atoms with Crippen molar-refractivity contribution < 1.29 is 4.79 Å². The van der Waals surface area contributed by atoms with E-state index in [0.29, 0.717) is 0 Å². The van der Waals surface area contributed by atoms with Crippen molar-refractivity contribution in [3.63, 3.8) is 0 Å². The van der Waals surface area contributed by atoms with Crippen molar-refractivity contribution in [2.24, 2.45) is 0 Å². The smallest absolute Gasteiger partial charge is 0.252 e. The van der Waals surface area contributed by atoms with Crippen molar-refractivity contribution >= 4 is 46.5 Å². The molecule has 0 saturated carbocycles. The number of halogens is 2. The largest absolute Gasteiger partial charge is 0.368 e.